The lowest BCUT2D eigenvalue weighted by atomic mass is 10.3. The number of aromatic nitrogens is 2. The molecule has 2 rings (SSSR count). The second kappa shape index (κ2) is 5.14. The van der Waals surface area contributed by atoms with Gasteiger partial charge in [0, 0.05) is 25.8 Å². The molecule has 0 aromatic carbocycles. The Hall–Kier alpha value is -1.07. The van der Waals surface area contributed by atoms with E-state index in [9.17, 15) is 0 Å². The van der Waals surface area contributed by atoms with Crippen LogP contribution in [0.5, 0.6) is 0 Å². The Morgan fingerprint density at radius 2 is 2.33 bits per heavy atom. The molecule has 0 unspecified atom stereocenters. The highest BCUT2D eigenvalue weighted by molar-refractivity contribution is 5.23. The van der Waals surface area contributed by atoms with Gasteiger partial charge in [0.05, 0.1) is 6.61 Å². The van der Waals surface area contributed by atoms with Crippen molar-refractivity contribution in [2.75, 3.05) is 25.4 Å². The lowest BCUT2D eigenvalue weighted by molar-refractivity contribution is -0.181. The first kappa shape index (κ1) is 10.4. The van der Waals surface area contributed by atoms with Gasteiger partial charge >= 0.3 is 0 Å². The highest BCUT2D eigenvalue weighted by atomic mass is 16.7. The summed E-state index contributed by atoms with van der Waals surface area (Å²) in [4.78, 5) is 5.50. The third-order valence-electron chi connectivity index (χ3n) is 2.53. The van der Waals surface area contributed by atoms with E-state index in [4.69, 9.17) is 10.6 Å². The minimum Gasteiger partial charge on any atom is -0.382 e. The van der Waals surface area contributed by atoms with Crippen molar-refractivity contribution in [3.05, 3.63) is 12.3 Å². The molecule has 84 valence electrons. The number of hydrogen-bond donors (Lipinski definition) is 1. The molecule has 0 radical (unpaired) electrons. The summed E-state index contributed by atoms with van der Waals surface area (Å²) in [6.07, 6.45) is 5.38. The molecule has 1 saturated heterocycles. The Morgan fingerprint density at radius 3 is 3.00 bits per heavy atom. The first-order valence-corrected chi connectivity index (χ1v) is 5.51. The van der Waals surface area contributed by atoms with Crippen molar-refractivity contribution in [2.24, 2.45) is 0 Å². The predicted molar refractivity (Wildman–Crippen MR) is 58.0 cm³/mol. The third kappa shape index (κ3) is 3.21. The summed E-state index contributed by atoms with van der Waals surface area (Å²) >= 11 is 0. The fourth-order valence-corrected chi connectivity index (χ4v) is 1.74. The van der Waals surface area contributed by atoms with Gasteiger partial charge in [-0.1, -0.05) is 0 Å². The van der Waals surface area contributed by atoms with Gasteiger partial charge in [0.1, 0.15) is 5.82 Å². The summed E-state index contributed by atoms with van der Waals surface area (Å²) in [5, 5.41) is 6.18. The number of nitrogen functional groups attached to an aromatic ring is 1. The maximum absolute atomic E-state index is 5.53. The fourth-order valence-electron chi connectivity index (χ4n) is 1.74. The molecular formula is C10H18N4O. The maximum atomic E-state index is 5.53. The molecule has 0 amide bonds. The summed E-state index contributed by atoms with van der Waals surface area (Å²) < 4.78 is 1.87. The number of rotatable bonds is 4. The van der Waals surface area contributed by atoms with E-state index in [2.05, 4.69) is 10.2 Å². The molecule has 2 N–H and O–H groups in total. The topological polar surface area (TPSA) is 56.3 Å². The van der Waals surface area contributed by atoms with Crippen LogP contribution in [-0.4, -0.2) is 34.5 Å². The quantitative estimate of drug-likeness (QED) is 0.801. The molecule has 1 aliphatic heterocycles. The molecule has 5 heteroatoms. The second-order valence-corrected chi connectivity index (χ2v) is 3.83. The lowest BCUT2D eigenvalue weighted by Gasteiger charge is -2.25. The van der Waals surface area contributed by atoms with Crippen LogP contribution in [0.25, 0.3) is 0 Å². The van der Waals surface area contributed by atoms with Gasteiger partial charge in [-0.05, 0) is 25.3 Å². The van der Waals surface area contributed by atoms with Crippen molar-refractivity contribution in [3.8, 4) is 0 Å². The summed E-state index contributed by atoms with van der Waals surface area (Å²) in [5.74, 6) is 0.587. The Kier molecular flexibility index (Phi) is 3.58. The van der Waals surface area contributed by atoms with E-state index in [0.29, 0.717) is 5.82 Å². The number of nitrogens with two attached hydrogens (primary N) is 1. The van der Waals surface area contributed by atoms with Gasteiger partial charge in [-0.3, -0.25) is 9.52 Å². The van der Waals surface area contributed by atoms with E-state index in [-0.39, 0.29) is 0 Å². The van der Waals surface area contributed by atoms with Crippen LogP contribution in [0.3, 0.4) is 0 Å². The van der Waals surface area contributed by atoms with Gasteiger partial charge in [0.15, 0.2) is 0 Å². The highest BCUT2D eigenvalue weighted by Gasteiger charge is 2.09. The molecule has 1 aromatic heterocycles. The van der Waals surface area contributed by atoms with Gasteiger partial charge in [0.2, 0.25) is 0 Å². The molecule has 0 atom stereocenters. The van der Waals surface area contributed by atoms with Crippen molar-refractivity contribution >= 4 is 5.82 Å². The largest absolute Gasteiger partial charge is 0.382 e. The highest BCUT2D eigenvalue weighted by Crippen LogP contribution is 2.06. The van der Waals surface area contributed by atoms with Crippen LogP contribution in [0, 0.1) is 0 Å². The maximum Gasteiger partial charge on any atom is 0.145 e. The smallest absolute Gasteiger partial charge is 0.145 e. The Morgan fingerprint density at radius 1 is 1.40 bits per heavy atom. The predicted octanol–water partition coefficient (Wildman–Crippen LogP) is 0.883. The van der Waals surface area contributed by atoms with E-state index in [1.165, 1.54) is 12.8 Å². The van der Waals surface area contributed by atoms with Crippen LogP contribution in [-0.2, 0) is 11.4 Å². The molecule has 1 aromatic rings. The molecule has 0 aliphatic carbocycles. The number of anilines is 1. The van der Waals surface area contributed by atoms with Gasteiger partial charge in [-0.25, -0.2) is 0 Å². The van der Waals surface area contributed by atoms with E-state index in [0.717, 1.165) is 32.7 Å². The normalized spacial score (nSPS) is 18.1. The second-order valence-electron chi connectivity index (χ2n) is 3.83. The van der Waals surface area contributed by atoms with Crippen LogP contribution in [0.1, 0.15) is 19.3 Å². The SMILES string of the molecule is Nc1ccn(CCCN2CCCCO2)n1. The number of hydroxylamine groups is 2. The van der Waals surface area contributed by atoms with E-state index >= 15 is 0 Å². The molecule has 0 spiro atoms. The van der Waals surface area contributed by atoms with Crippen LogP contribution < -0.4 is 5.73 Å². The molecule has 15 heavy (non-hydrogen) atoms. The van der Waals surface area contributed by atoms with Gasteiger partial charge < -0.3 is 5.73 Å². The van der Waals surface area contributed by atoms with E-state index in [1.54, 1.807) is 0 Å². The standard InChI is InChI=1S/C10H18N4O/c11-10-4-8-13(12-10)5-3-7-14-6-1-2-9-15-14/h4,8H,1-3,5-7,9H2,(H2,11,12). The van der Waals surface area contributed by atoms with Gasteiger partial charge in [-0.2, -0.15) is 10.2 Å². The van der Waals surface area contributed by atoms with Crippen molar-refractivity contribution in [2.45, 2.75) is 25.8 Å². The fraction of sp³-hybridized carbons (Fsp3) is 0.700. The summed E-state index contributed by atoms with van der Waals surface area (Å²) in [6.45, 7) is 3.80. The Bertz CT molecular complexity index is 293. The molecule has 2 heterocycles. The first-order chi connectivity index (χ1) is 7.34. The van der Waals surface area contributed by atoms with Crippen molar-refractivity contribution < 1.29 is 4.84 Å². The zero-order valence-electron chi connectivity index (χ0n) is 8.93. The average molecular weight is 210 g/mol. The van der Waals surface area contributed by atoms with Crippen molar-refractivity contribution in [3.63, 3.8) is 0 Å². The third-order valence-corrected chi connectivity index (χ3v) is 2.53. The van der Waals surface area contributed by atoms with Gasteiger partial charge in [-0.15, -0.1) is 0 Å². The summed E-state index contributed by atoms with van der Waals surface area (Å²) in [6, 6.07) is 1.82. The molecule has 1 aliphatic rings. The van der Waals surface area contributed by atoms with Gasteiger partial charge in [0.25, 0.3) is 0 Å². The van der Waals surface area contributed by atoms with Crippen LogP contribution >= 0.6 is 0 Å². The summed E-state index contributed by atoms with van der Waals surface area (Å²) in [5.41, 5.74) is 5.53. The van der Waals surface area contributed by atoms with E-state index < -0.39 is 0 Å². The minimum atomic E-state index is 0.587. The lowest BCUT2D eigenvalue weighted by Crippen LogP contribution is -2.31. The Balaban J connectivity index is 1.65. The van der Waals surface area contributed by atoms with Crippen LogP contribution in [0.2, 0.25) is 0 Å². The minimum absolute atomic E-state index is 0.587. The first-order valence-electron chi connectivity index (χ1n) is 5.51. The molecule has 0 saturated carbocycles. The zero-order chi connectivity index (χ0) is 10.5. The average Bonchev–Trinajstić information content (AvgIpc) is 2.66. The Labute approximate surface area is 89.8 Å². The zero-order valence-corrected chi connectivity index (χ0v) is 8.93. The van der Waals surface area contributed by atoms with Crippen LogP contribution in [0.15, 0.2) is 12.3 Å². The molecule has 0 bridgehead atoms. The van der Waals surface area contributed by atoms with E-state index in [1.807, 2.05) is 16.9 Å². The molecule has 1 fully saturated rings. The monoisotopic (exact) mass is 210 g/mol. The van der Waals surface area contributed by atoms with Crippen LogP contribution in [0.4, 0.5) is 5.82 Å². The molecular weight excluding hydrogens is 192 g/mol. The van der Waals surface area contributed by atoms with Crippen molar-refractivity contribution in [1.82, 2.24) is 14.8 Å². The van der Waals surface area contributed by atoms with Crippen molar-refractivity contribution in [1.29, 1.82) is 0 Å². The number of hydrogen-bond acceptors (Lipinski definition) is 4. The number of nitrogens with zero attached hydrogens (tertiary/aromatic N) is 3. The molecule has 5 nitrogen and oxygen atoms in total. The summed E-state index contributed by atoms with van der Waals surface area (Å²) in [7, 11) is 0. The number of aryl methyl sites for hydroxylation is 1.